The van der Waals surface area contributed by atoms with Crippen LogP contribution in [0.4, 0.5) is 0 Å². The van der Waals surface area contributed by atoms with Crippen molar-refractivity contribution in [1.82, 2.24) is 10.6 Å². The van der Waals surface area contributed by atoms with Gasteiger partial charge in [-0.2, -0.15) is 0 Å². The molecule has 1 aliphatic heterocycles. The van der Waals surface area contributed by atoms with E-state index >= 15 is 0 Å². The summed E-state index contributed by atoms with van der Waals surface area (Å²) in [5, 5.41) is 7.35. The van der Waals surface area contributed by atoms with Crippen molar-refractivity contribution in [2.24, 2.45) is 11.8 Å². The first-order valence-electron chi connectivity index (χ1n) is 14.2. The average Bonchev–Trinajstić information content (AvgIpc) is 2.88. The highest BCUT2D eigenvalue weighted by molar-refractivity contribution is 8.03. The fourth-order valence-electron chi connectivity index (χ4n) is 5.68. The SMILES string of the molecule is C=C1/C=C(\CNCc2cc(CCCCC)cc(C)c2C2C=C(C)CCC2)SCC(C(C)C)C(=C)NC1. The van der Waals surface area contributed by atoms with Crippen LogP contribution in [0, 0.1) is 18.8 Å². The molecule has 36 heavy (non-hydrogen) atoms. The Hall–Kier alpha value is -1.71. The van der Waals surface area contributed by atoms with E-state index in [1.165, 1.54) is 66.5 Å². The van der Waals surface area contributed by atoms with Gasteiger partial charge in [0, 0.05) is 42.9 Å². The summed E-state index contributed by atoms with van der Waals surface area (Å²) < 4.78 is 0. The second-order valence-corrected chi connectivity index (χ2v) is 12.5. The number of hydrogen-bond acceptors (Lipinski definition) is 3. The predicted molar refractivity (Wildman–Crippen MR) is 162 cm³/mol. The van der Waals surface area contributed by atoms with Crippen molar-refractivity contribution < 1.29 is 0 Å². The molecule has 1 aromatic rings. The molecule has 2 nitrogen and oxygen atoms in total. The summed E-state index contributed by atoms with van der Waals surface area (Å²) >= 11 is 1.97. The summed E-state index contributed by atoms with van der Waals surface area (Å²) in [6.45, 7) is 22.7. The van der Waals surface area contributed by atoms with Crippen LogP contribution in [0.25, 0.3) is 0 Å². The molecule has 0 bridgehead atoms. The Kier molecular flexibility index (Phi) is 11.5. The Morgan fingerprint density at radius 2 is 1.94 bits per heavy atom. The molecule has 0 saturated heterocycles. The Bertz CT molecular complexity index is 968. The van der Waals surface area contributed by atoms with Crippen LogP contribution < -0.4 is 10.6 Å². The van der Waals surface area contributed by atoms with Gasteiger partial charge in [0.15, 0.2) is 0 Å². The number of rotatable bonds is 10. The lowest BCUT2D eigenvalue weighted by molar-refractivity contribution is 0.465. The molecule has 2 N–H and O–H groups in total. The van der Waals surface area contributed by atoms with Gasteiger partial charge in [0.2, 0.25) is 0 Å². The highest BCUT2D eigenvalue weighted by Gasteiger charge is 2.21. The molecule has 0 saturated carbocycles. The van der Waals surface area contributed by atoms with Gasteiger partial charge < -0.3 is 10.6 Å². The quantitative estimate of drug-likeness (QED) is 0.245. The van der Waals surface area contributed by atoms with Gasteiger partial charge in [-0.1, -0.05) is 70.6 Å². The average molecular weight is 507 g/mol. The number of unbranched alkanes of at least 4 members (excludes halogenated alkanes) is 2. The minimum Gasteiger partial charge on any atom is -0.385 e. The summed E-state index contributed by atoms with van der Waals surface area (Å²) in [4.78, 5) is 1.38. The zero-order chi connectivity index (χ0) is 26.1. The normalized spacial score (nSPS) is 22.8. The maximum atomic E-state index is 4.31. The molecule has 3 rings (SSSR count). The first-order chi connectivity index (χ1) is 17.3. The third-order valence-corrected chi connectivity index (χ3v) is 8.93. The van der Waals surface area contributed by atoms with Crippen LogP contribution in [0.1, 0.15) is 94.4 Å². The van der Waals surface area contributed by atoms with Gasteiger partial charge in [-0.05, 0) is 90.7 Å². The second-order valence-electron chi connectivity index (χ2n) is 11.4. The molecule has 2 aliphatic rings. The number of aryl methyl sites for hydroxylation is 2. The minimum atomic E-state index is 0.472. The Balaban J connectivity index is 1.77. The number of thioether (sulfide) groups is 1. The predicted octanol–water partition coefficient (Wildman–Crippen LogP) is 8.59. The molecule has 198 valence electrons. The van der Waals surface area contributed by atoms with E-state index < -0.39 is 0 Å². The van der Waals surface area contributed by atoms with Gasteiger partial charge >= 0.3 is 0 Å². The van der Waals surface area contributed by atoms with Crippen LogP contribution >= 0.6 is 11.8 Å². The van der Waals surface area contributed by atoms with Crippen molar-refractivity contribution in [2.45, 2.75) is 92.0 Å². The van der Waals surface area contributed by atoms with E-state index in [0.29, 0.717) is 17.8 Å². The number of hydrogen-bond donors (Lipinski definition) is 2. The minimum absolute atomic E-state index is 0.472. The summed E-state index contributed by atoms with van der Waals surface area (Å²) in [6.07, 6.45) is 13.7. The molecular weight excluding hydrogens is 456 g/mol. The van der Waals surface area contributed by atoms with Crippen LogP contribution in [0.3, 0.4) is 0 Å². The van der Waals surface area contributed by atoms with Crippen molar-refractivity contribution in [3.8, 4) is 0 Å². The fourth-order valence-corrected chi connectivity index (χ4v) is 7.12. The third-order valence-electron chi connectivity index (χ3n) is 7.77. The molecule has 1 aliphatic carbocycles. The summed E-state index contributed by atoms with van der Waals surface area (Å²) in [6, 6.07) is 4.98. The smallest absolute Gasteiger partial charge is 0.0392 e. The lowest BCUT2D eigenvalue weighted by Crippen LogP contribution is -2.25. The van der Waals surface area contributed by atoms with Crippen LogP contribution in [-0.2, 0) is 13.0 Å². The Morgan fingerprint density at radius 3 is 2.67 bits per heavy atom. The monoisotopic (exact) mass is 506 g/mol. The van der Waals surface area contributed by atoms with E-state index in [2.05, 4.69) is 82.7 Å². The standard InChI is InChI=1S/C33H50N2S/c1-8-9-10-13-28-17-26(6)33(29-14-11-12-24(4)15-29)30(18-28)20-34-21-31-16-25(5)19-35-27(7)32(22-36-31)23(2)3/h15-18,23,29,32,34-35H,5,7-14,19-22H2,1-4,6H3/b31-16+. The Labute approximate surface area is 226 Å². The van der Waals surface area contributed by atoms with Gasteiger partial charge in [0.1, 0.15) is 0 Å². The van der Waals surface area contributed by atoms with E-state index in [9.17, 15) is 0 Å². The van der Waals surface area contributed by atoms with Crippen molar-refractivity contribution in [1.29, 1.82) is 0 Å². The van der Waals surface area contributed by atoms with Gasteiger partial charge in [-0.15, -0.1) is 11.8 Å². The van der Waals surface area contributed by atoms with E-state index in [1.807, 2.05) is 11.8 Å². The van der Waals surface area contributed by atoms with E-state index in [1.54, 1.807) is 11.1 Å². The molecular formula is C33H50N2S. The van der Waals surface area contributed by atoms with E-state index in [-0.39, 0.29) is 0 Å². The van der Waals surface area contributed by atoms with Gasteiger partial charge in [0.25, 0.3) is 0 Å². The molecule has 0 radical (unpaired) electrons. The Morgan fingerprint density at radius 1 is 1.14 bits per heavy atom. The van der Waals surface area contributed by atoms with Crippen molar-refractivity contribution in [3.63, 3.8) is 0 Å². The van der Waals surface area contributed by atoms with Crippen molar-refractivity contribution in [2.75, 3.05) is 18.8 Å². The highest BCUT2D eigenvalue weighted by atomic mass is 32.2. The molecule has 2 unspecified atom stereocenters. The number of benzene rings is 1. The van der Waals surface area contributed by atoms with Crippen LogP contribution in [0.2, 0.25) is 0 Å². The first kappa shape index (κ1) is 28.9. The zero-order valence-electron chi connectivity index (χ0n) is 23.6. The summed E-state index contributed by atoms with van der Waals surface area (Å²) in [5.74, 6) is 2.67. The largest absolute Gasteiger partial charge is 0.385 e. The first-order valence-corrected chi connectivity index (χ1v) is 15.2. The molecule has 1 heterocycles. The van der Waals surface area contributed by atoms with E-state index in [0.717, 1.165) is 36.7 Å². The number of allylic oxidation sites excluding steroid dienone is 3. The topological polar surface area (TPSA) is 24.1 Å². The highest BCUT2D eigenvalue weighted by Crippen LogP contribution is 2.36. The van der Waals surface area contributed by atoms with Crippen molar-refractivity contribution in [3.05, 3.63) is 81.4 Å². The summed E-state index contributed by atoms with van der Waals surface area (Å²) in [5.41, 5.74) is 9.88. The second kappa shape index (κ2) is 14.3. The molecule has 0 spiro atoms. The van der Waals surface area contributed by atoms with Crippen LogP contribution in [0.5, 0.6) is 0 Å². The molecule has 1 aromatic carbocycles. The lowest BCUT2D eigenvalue weighted by Gasteiger charge is -2.26. The molecule has 0 fully saturated rings. The summed E-state index contributed by atoms with van der Waals surface area (Å²) in [7, 11) is 0. The van der Waals surface area contributed by atoms with Gasteiger partial charge in [-0.3, -0.25) is 0 Å². The molecule has 0 amide bonds. The van der Waals surface area contributed by atoms with Gasteiger partial charge in [-0.25, -0.2) is 0 Å². The maximum Gasteiger partial charge on any atom is 0.0392 e. The molecule has 2 atom stereocenters. The van der Waals surface area contributed by atoms with Crippen LogP contribution in [-0.4, -0.2) is 18.8 Å². The number of nitrogens with one attached hydrogen (secondary N) is 2. The van der Waals surface area contributed by atoms with Crippen molar-refractivity contribution >= 4 is 11.8 Å². The zero-order valence-corrected chi connectivity index (χ0v) is 24.5. The fraction of sp³-hybridized carbons (Fsp3) is 0.576. The third kappa shape index (κ3) is 8.42. The molecule has 3 heteroatoms. The maximum absolute atomic E-state index is 4.31. The molecule has 0 aromatic heterocycles. The van der Waals surface area contributed by atoms with Crippen LogP contribution in [0.15, 0.2) is 59.2 Å². The van der Waals surface area contributed by atoms with Gasteiger partial charge in [0.05, 0.1) is 0 Å². The van der Waals surface area contributed by atoms with E-state index in [4.69, 9.17) is 0 Å². The lowest BCUT2D eigenvalue weighted by atomic mass is 9.81.